The van der Waals surface area contributed by atoms with Crippen LogP contribution in [0, 0.1) is 0 Å². The molecule has 0 saturated carbocycles. The Morgan fingerprint density at radius 2 is 2.00 bits per heavy atom. The maximum absolute atomic E-state index is 12.2. The maximum atomic E-state index is 12.2. The van der Waals surface area contributed by atoms with Gasteiger partial charge in [-0.2, -0.15) is 0 Å². The minimum Gasteiger partial charge on any atom is -0.338 e. The largest absolute Gasteiger partial charge is 0.338 e. The van der Waals surface area contributed by atoms with Crippen molar-refractivity contribution in [1.82, 2.24) is 15.5 Å². The van der Waals surface area contributed by atoms with Crippen molar-refractivity contribution in [2.45, 2.75) is 25.3 Å². The van der Waals surface area contributed by atoms with E-state index in [0.717, 1.165) is 30.4 Å². The van der Waals surface area contributed by atoms with E-state index >= 15 is 0 Å². The van der Waals surface area contributed by atoms with E-state index in [0.29, 0.717) is 18.7 Å². The van der Waals surface area contributed by atoms with Gasteiger partial charge in [0.2, 0.25) is 5.91 Å². The van der Waals surface area contributed by atoms with E-state index in [-0.39, 0.29) is 30.4 Å². The number of carbonyl (C=O) groups excluding carboxylic acids is 2. The number of urea groups is 1. The summed E-state index contributed by atoms with van der Waals surface area (Å²) in [5.74, 6) is 0.103. The minimum atomic E-state index is -0.298. The van der Waals surface area contributed by atoms with E-state index in [2.05, 4.69) is 31.9 Å². The fraction of sp³-hybridized carbons (Fsp3) is 0.500. The summed E-state index contributed by atoms with van der Waals surface area (Å²) >= 11 is 3.34. The lowest BCUT2D eigenvalue weighted by molar-refractivity contribution is -0.131. The van der Waals surface area contributed by atoms with Crippen LogP contribution in [0.25, 0.3) is 0 Å². The highest BCUT2D eigenvalue weighted by molar-refractivity contribution is 9.10. The molecule has 1 aromatic rings. The van der Waals surface area contributed by atoms with Gasteiger partial charge in [0.1, 0.15) is 0 Å². The smallest absolute Gasteiger partial charge is 0.319 e. The lowest BCUT2D eigenvalue weighted by Gasteiger charge is -2.24. The molecule has 1 aromatic carbocycles. The standard InChI is InChI=1S/C16H23BrN4O2.ClH/c1-18-11-14-3-2-10-21(14)15(22)8-9-19-16(23)20-13-6-4-12(17)5-7-13;/h4-7,14,18H,2-3,8-11H2,1H3,(H2,19,20,23);1H. The molecule has 1 aliphatic rings. The van der Waals surface area contributed by atoms with Gasteiger partial charge in [-0.3, -0.25) is 4.79 Å². The van der Waals surface area contributed by atoms with Crippen LogP contribution < -0.4 is 16.0 Å². The summed E-state index contributed by atoms with van der Waals surface area (Å²) in [6.45, 7) is 1.98. The normalized spacial score (nSPS) is 16.4. The Morgan fingerprint density at radius 3 is 2.67 bits per heavy atom. The summed E-state index contributed by atoms with van der Waals surface area (Å²) < 4.78 is 0.954. The molecule has 0 aliphatic carbocycles. The fourth-order valence-corrected chi connectivity index (χ4v) is 3.01. The predicted octanol–water partition coefficient (Wildman–Crippen LogP) is 2.59. The Morgan fingerprint density at radius 1 is 1.29 bits per heavy atom. The molecule has 3 N–H and O–H groups in total. The summed E-state index contributed by atoms with van der Waals surface area (Å²) in [7, 11) is 1.90. The Hall–Kier alpha value is -1.31. The number of hydrogen-bond donors (Lipinski definition) is 3. The number of hydrogen-bond acceptors (Lipinski definition) is 3. The predicted molar refractivity (Wildman–Crippen MR) is 102 cm³/mol. The molecule has 8 heteroatoms. The molecule has 1 atom stereocenters. The zero-order chi connectivity index (χ0) is 16.7. The molecule has 6 nitrogen and oxygen atoms in total. The van der Waals surface area contributed by atoms with Gasteiger partial charge in [-0.1, -0.05) is 15.9 Å². The topological polar surface area (TPSA) is 73.5 Å². The van der Waals surface area contributed by atoms with Gasteiger partial charge in [0.15, 0.2) is 0 Å². The SMILES string of the molecule is CNCC1CCCN1C(=O)CCNC(=O)Nc1ccc(Br)cc1.Cl. The van der Waals surface area contributed by atoms with E-state index in [9.17, 15) is 9.59 Å². The van der Waals surface area contributed by atoms with E-state index in [1.165, 1.54) is 0 Å². The molecule has 1 heterocycles. The molecule has 0 radical (unpaired) electrons. The number of anilines is 1. The zero-order valence-corrected chi connectivity index (χ0v) is 16.1. The Kier molecular flexibility index (Phi) is 9.10. The molecule has 1 saturated heterocycles. The number of nitrogens with one attached hydrogen (secondary N) is 3. The average molecular weight is 420 g/mol. The monoisotopic (exact) mass is 418 g/mol. The third-order valence-corrected chi connectivity index (χ3v) is 4.39. The van der Waals surface area contributed by atoms with Gasteiger partial charge in [0.25, 0.3) is 0 Å². The van der Waals surface area contributed by atoms with Crippen molar-refractivity contribution in [2.75, 3.05) is 32.0 Å². The van der Waals surface area contributed by atoms with Crippen LogP contribution in [0.5, 0.6) is 0 Å². The second-order valence-electron chi connectivity index (χ2n) is 5.58. The van der Waals surface area contributed by atoms with Crippen molar-refractivity contribution in [1.29, 1.82) is 0 Å². The second kappa shape index (κ2) is 10.5. The number of carbonyl (C=O) groups is 2. The molecule has 0 aromatic heterocycles. The van der Waals surface area contributed by atoms with Gasteiger partial charge in [0.05, 0.1) is 0 Å². The van der Waals surface area contributed by atoms with Crippen LogP contribution >= 0.6 is 28.3 Å². The molecule has 0 bridgehead atoms. The maximum Gasteiger partial charge on any atom is 0.319 e. The molecular formula is C16H24BrClN4O2. The van der Waals surface area contributed by atoms with E-state index < -0.39 is 0 Å². The van der Waals surface area contributed by atoms with Crippen molar-refractivity contribution < 1.29 is 9.59 Å². The third-order valence-electron chi connectivity index (χ3n) is 3.86. The minimum absolute atomic E-state index is 0. The molecule has 3 amide bonds. The number of halogens is 2. The zero-order valence-electron chi connectivity index (χ0n) is 13.7. The number of rotatable bonds is 6. The average Bonchev–Trinajstić information content (AvgIpc) is 2.98. The van der Waals surface area contributed by atoms with E-state index in [1.807, 2.05) is 24.1 Å². The van der Waals surface area contributed by atoms with Gasteiger partial charge < -0.3 is 20.9 Å². The molecule has 2 rings (SSSR count). The fourth-order valence-electron chi connectivity index (χ4n) is 2.75. The van der Waals surface area contributed by atoms with Crippen molar-refractivity contribution in [3.05, 3.63) is 28.7 Å². The van der Waals surface area contributed by atoms with Crippen LogP contribution in [0.1, 0.15) is 19.3 Å². The van der Waals surface area contributed by atoms with Crippen LogP contribution in [0.15, 0.2) is 28.7 Å². The van der Waals surface area contributed by atoms with Gasteiger partial charge in [-0.25, -0.2) is 4.79 Å². The van der Waals surface area contributed by atoms with Crippen molar-refractivity contribution in [3.63, 3.8) is 0 Å². The first-order chi connectivity index (χ1) is 11.1. The number of likely N-dealkylation sites (tertiary alicyclic amines) is 1. The summed E-state index contributed by atoms with van der Waals surface area (Å²) in [6.07, 6.45) is 2.42. The van der Waals surface area contributed by atoms with E-state index in [4.69, 9.17) is 0 Å². The summed E-state index contributed by atoms with van der Waals surface area (Å²) in [6, 6.07) is 7.31. The van der Waals surface area contributed by atoms with Crippen LogP contribution in [0.2, 0.25) is 0 Å². The van der Waals surface area contributed by atoms with Gasteiger partial charge in [-0.15, -0.1) is 12.4 Å². The highest BCUT2D eigenvalue weighted by Gasteiger charge is 2.27. The number of likely N-dealkylation sites (N-methyl/N-ethyl adjacent to an activating group) is 1. The first kappa shape index (κ1) is 20.7. The summed E-state index contributed by atoms with van der Waals surface area (Å²) in [5, 5.41) is 8.58. The first-order valence-electron chi connectivity index (χ1n) is 7.84. The van der Waals surface area contributed by atoms with Crippen LogP contribution in [0.3, 0.4) is 0 Å². The van der Waals surface area contributed by atoms with Crippen LogP contribution in [-0.2, 0) is 4.79 Å². The van der Waals surface area contributed by atoms with Crippen molar-refractivity contribution in [3.8, 4) is 0 Å². The van der Waals surface area contributed by atoms with E-state index in [1.54, 1.807) is 12.1 Å². The summed E-state index contributed by atoms with van der Waals surface area (Å²) in [5.41, 5.74) is 0.714. The molecule has 0 spiro atoms. The molecule has 1 fully saturated rings. The summed E-state index contributed by atoms with van der Waals surface area (Å²) in [4.78, 5) is 25.9. The highest BCUT2D eigenvalue weighted by Crippen LogP contribution is 2.17. The van der Waals surface area contributed by atoms with Crippen molar-refractivity contribution >= 4 is 46.0 Å². The van der Waals surface area contributed by atoms with Gasteiger partial charge >= 0.3 is 6.03 Å². The molecule has 134 valence electrons. The molecular weight excluding hydrogens is 396 g/mol. The highest BCUT2D eigenvalue weighted by atomic mass is 79.9. The lowest BCUT2D eigenvalue weighted by atomic mass is 10.2. The quantitative estimate of drug-likeness (QED) is 0.663. The van der Waals surface area contributed by atoms with Crippen LogP contribution in [0.4, 0.5) is 10.5 Å². The Labute approximate surface area is 157 Å². The number of benzene rings is 1. The molecule has 1 aliphatic heterocycles. The van der Waals surface area contributed by atoms with Crippen molar-refractivity contribution in [2.24, 2.45) is 0 Å². The Bertz CT molecular complexity index is 541. The number of nitrogens with zero attached hydrogens (tertiary/aromatic N) is 1. The van der Waals surface area contributed by atoms with Crippen LogP contribution in [-0.4, -0.2) is 49.6 Å². The third kappa shape index (κ3) is 6.30. The molecule has 1 unspecified atom stereocenters. The van der Waals surface area contributed by atoms with Gasteiger partial charge in [0, 0.05) is 42.3 Å². The Balaban J connectivity index is 0.00000288. The lowest BCUT2D eigenvalue weighted by Crippen LogP contribution is -2.42. The molecule has 24 heavy (non-hydrogen) atoms. The second-order valence-corrected chi connectivity index (χ2v) is 6.49. The first-order valence-corrected chi connectivity index (χ1v) is 8.64. The van der Waals surface area contributed by atoms with Gasteiger partial charge in [-0.05, 0) is 44.2 Å². The number of amides is 3.